The molecule has 0 fully saturated rings. The highest BCUT2D eigenvalue weighted by atomic mass is 16.5. The van der Waals surface area contributed by atoms with Gasteiger partial charge < -0.3 is 15.6 Å². The number of fused-ring (bicyclic) bond motifs is 1. The highest BCUT2D eigenvalue weighted by molar-refractivity contribution is 5.47. The molecule has 1 unspecified atom stereocenters. The fourth-order valence-corrected chi connectivity index (χ4v) is 2.42. The standard InChI is InChI=1S/C14H21NO2/c1-10(2)11-5-3-6-12-13(11)17-8-4-7-14(12,16)9-15/h3,5-6,10,16H,4,7-9,15H2,1-2H3. The van der Waals surface area contributed by atoms with Crippen LogP contribution >= 0.6 is 0 Å². The smallest absolute Gasteiger partial charge is 0.128 e. The molecule has 0 aromatic heterocycles. The molecule has 3 N–H and O–H groups in total. The molecule has 0 saturated heterocycles. The van der Waals surface area contributed by atoms with Crippen molar-refractivity contribution in [2.24, 2.45) is 5.73 Å². The topological polar surface area (TPSA) is 55.5 Å². The van der Waals surface area contributed by atoms with Crippen LogP contribution in [-0.2, 0) is 5.60 Å². The van der Waals surface area contributed by atoms with E-state index in [1.165, 1.54) is 0 Å². The Morgan fingerprint density at radius 2 is 2.24 bits per heavy atom. The fourth-order valence-electron chi connectivity index (χ4n) is 2.42. The summed E-state index contributed by atoms with van der Waals surface area (Å²) in [7, 11) is 0. The molecule has 0 saturated carbocycles. The van der Waals surface area contributed by atoms with Gasteiger partial charge in [-0.2, -0.15) is 0 Å². The summed E-state index contributed by atoms with van der Waals surface area (Å²) in [5, 5.41) is 10.6. The molecule has 3 heteroatoms. The third kappa shape index (κ3) is 2.17. The van der Waals surface area contributed by atoms with E-state index >= 15 is 0 Å². The van der Waals surface area contributed by atoms with Crippen LogP contribution in [0.5, 0.6) is 5.75 Å². The number of para-hydroxylation sites is 1. The Bertz CT molecular complexity index is 403. The zero-order chi connectivity index (χ0) is 12.5. The molecule has 1 aromatic rings. The van der Waals surface area contributed by atoms with Gasteiger partial charge in [-0.15, -0.1) is 0 Å². The molecule has 0 amide bonds. The Labute approximate surface area is 103 Å². The zero-order valence-corrected chi connectivity index (χ0v) is 10.6. The number of nitrogens with two attached hydrogens (primary N) is 1. The van der Waals surface area contributed by atoms with Crippen LogP contribution in [0.25, 0.3) is 0 Å². The van der Waals surface area contributed by atoms with Crippen molar-refractivity contribution in [3.05, 3.63) is 29.3 Å². The van der Waals surface area contributed by atoms with E-state index in [2.05, 4.69) is 19.9 Å². The summed E-state index contributed by atoms with van der Waals surface area (Å²) < 4.78 is 5.82. The zero-order valence-electron chi connectivity index (χ0n) is 10.6. The van der Waals surface area contributed by atoms with Crippen molar-refractivity contribution in [2.75, 3.05) is 13.2 Å². The molecular formula is C14H21NO2. The van der Waals surface area contributed by atoms with Gasteiger partial charge in [0.15, 0.2) is 0 Å². The third-order valence-electron chi connectivity index (χ3n) is 3.49. The van der Waals surface area contributed by atoms with E-state index in [1.807, 2.05) is 12.1 Å². The minimum Gasteiger partial charge on any atom is -0.493 e. The lowest BCUT2D eigenvalue weighted by atomic mass is 9.86. The van der Waals surface area contributed by atoms with E-state index in [4.69, 9.17) is 10.5 Å². The predicted molar refractivity (Wildman–Crippen MR) is 68.2 cm³/mol. The summed E-state index contributed by atoms with van der Waals surface area (Å²) in [5.41, 5.74) is 6.81. The van der Waals surface area contributed by atoms with Crippen molar-refractivity contribution in [3.8, 4) is 5.75 Å². The lowest BCUT2D eigenvalue weighted by molar-refractivity contribution is 0.0374. The number of ether oxygens (including phenoxy) is 1. The molecule has 0 spiro atoms. The van der Waals surface area contributed by atoms with Crippen LogP contribution in [0.2, 0.25) is 0 Å². The summed E-state index contributed by atoms with van der Waals surface area (Å²) in [5.74, 6) is 1.22. The second-order valence-electron chi connectivity index (χ2n) is 5.07. The van der Waals surface area contributed by atoms with Gasteiger partial charge in [-0.3, -0.25) is 0 Å². The molecule has 2 rings (SSSR count). The average Bonchev–Trinajstić information content (AvgIpc) is 2.49. The van der Waals surface area contributed by atoms with Gasteiger partial charge in [-0.1, -0.05) is 32.0 Å². The largest absolute Gasteiger partial charge is 0.493 e. The molecule has 1 aliphatic rings. The van der Waals surface area contributed by atoms with Crippen LogP contribution in [0, 0.1) is 0 Å². The summed E-state index contributed by atoms with van der Waals surface area (Å²) in [6.07, 6.45) is 1.50. The number of benzene rings is 1. The molecule has 0 aliphatic carbocycles. The lowest BCUT2D eigenvalue weighted by Crippen LogP contribution is -2.34. The first-order valence-electron chi connectivity index (χ1n) is 6.27. The monoisotopic (exact) mass is 235 g/mol. The highest BCUT2D eigenvalue weighted by Crippen LogP contribution is 2.40. The maximum Gasteiger partial charge on any atom is 0.128 e. The van der Waals surface area contributed by atoms with Gasteiger partial charge in [0.25, 0.3) is 0 Å². The Morgan fingerprint density at radius 1 is 1.47 bits per heavy atom. The van der Waals surface area contributed by atoms with Gasteiger partial charge in [-0.05, 0) is 24.3 Å². The highest BCUT2D eigenvalue weighted by Gasteiger charge is 2.33. The average molecular weight is 235 g/mol. The van der Waals surface area contributed by atoms with Gasteiger partial charge in [0.2, 0.25) is 0 Å². The molecule has 94 valence electrons. The summed E-state index contributed by atoms with van der Waals surface area (Å²) >= 11 is 0. The quantitative estimate of drug-likeness (QED) is 0.825. The van der Waals surface area contributed by atoms with E-state index < -0.39 is 5.60 Å². The van der Waals surface area contributed by atoms with Crippen molar-refractivity contribution < 1.29 is 9.84 Å². The minimum absolute atomic E-state index is 0.241. The first-order valence-corrected chi connectivity index (χ1v) is 6.27. The molecule has 3 nitrogen and oxygen atoms in total. The fraction of sp³-hybridized carbons (Fsp3) is 0.571. The van der Waals surface area contributed by atoms with E-state index in [0.29, 0.717) is 18.9 Å². The second kappa shape index (κ2) is 4.67. The molecule has 0 bridgehead atoms. The van der Waals surface area contributed by atoms with Crippen molar-refractivity contribution >= 4 is 0 Å². The van der Waals surface area contributed by atoms with Crippen LogP contribution in [0.15, 0.2) is 18.2 Å². The molecule has 0 radical (unpaired) electrons. The molecular weight excluding hydrogens is 214 g/mol. The number of hydrogen-bond donors (Lipinski definition) is 2. The Morgan fingerprint density at radius 3 is 2.88 bits per heavy atom. The predicted octanol–water partition coefficient (Wildman–Crippen LogP) is 2.13. The summed E-state index contributed by atoms with van der Waals surface area (Å²) in [6.45, 7) is 5.15. The van der Waals surface area contributed by atoms with Crippen LogP contribution in [0.4, 0.5) is 0 Å². The molecule has 1 aromatic carbocycles. The van der Waals surface area contributed by atoms with E-state index in [-0.39, 0.29) is 6.54 Å². The normalized spacial score (nSPS) is 24.1. The van der Waals surface area contributed by atoms with Crippen molar-refractivity contribution in [1.82, 2.24) is 0 Å². The van der Waals surface area contributed by atoms with Crippen LogP contribution in [-0.4, -0.2) is 18.3 Å². The Balaban J connectivity index is 2.57. The van der Waals surface area contributed by atoms with Crippen LogP contribution in [0.3, 0.4) is 0 Å². The first-order chi connectivity index (χ1) is 8.08. The Kier molecular flexibility index (Phi) is 3.40. The molecule has 17 heavy (non-hydrogen) atoms. The van der Waals surface area contributed by atoms with Gasteiger partial charge in [0.1, 0.15) is 11.4 Å². The second-order valence-corrected chi connectivity index (χ2v) is 5.07. The van der Waals surface area contributed by atoms with E-state index in [1.54, 1.807) is 0 Å². The van der Waals surface area contributed by atoms with Crippen molar-refractivity contribution in [1.29, 1.82) is 0 Å². The van der Waals surface area contributed by atoms with Crippen LogP contribution < -0.4 is 10.5 Å². The van der Waals surface area contributed by atoms with E-state index in [0.717, 1.165) is 23.3 Å². The van der Waals surface area contributed by atoms with Gasteiger partial charge in [0, 0.05) is 12.1 Å². The van der Waals surface area contributed by atoms with Gasteiger partial charge in [0.05, 0.1) is 6.61 Å². The minimum atomic E-state index is -0.934. The summed E-state index contributed by atoms with van der Waals surface area (Å²) in [4.78, 5) is 0. The van der Waals surface area contributed by atoms with Crippen molar-refractivity contribution in [3.63, 3.8) is 0 Å². The number of hydrogen-bond acceptors (Lipinski definition) is 3. The molecule has 1 atom stereocenters. The molecule has 1 aliphatic heterocycles. The summed E-state index contributed by atoms with van der Waals surface area (Å²) in [6, 6.07) is 5.97. The third-order valence-corrected chi connectivity index (χ3v) is 3.49. The molecule has 1 heterocycles. The first kappa shape index (κ1) is 12.4. The maximum absolute atomic E-state index is 10.6. The lowest BCUT2D eigenvalue weighted by Gasteiger charge is -2.27. The maximum atomic E-state index is 10.6. The van der Waals surface area contributed by atoms with Gasteiger partial charge in [-0.25, -0.2) is 0 Å². The SMILES string of the molecule is CC(C)c1cccc2c1OCCCC2(O)CN. The van der Waals surface area contributed by atoms with E-state index in [9.17, 15) is 5.11 Å². The van der Waals surface area contributed by atoms with Gasteiger partial charge >= 0.3 is 0 Å². The Hall–Kier alpha value is -1.06. The number of rotatable bonds is 2. The number of aliphatic hydroxyl groups is 1. The van der Waals surface area contributed by atoms with Crippen molar-refractivity contribution in [2.45, 2.75) is 38.2 Å². The van der Waals surface area contributed by atoms with Crippen LogP contribution in [0.1, 0.15) is 43.7 Å².